The van der Waals surface area contributed by atoms with Gasteiger partial charge in [-0.2, -0.15) is 0 Å². The van der Waals surface area contributed by atoms with Crippen LogP contribution in [0.5, 0.6) is 0 Å². The number of hydrogen-bond donors (Lipinski definition) is 1. The summed E-state index contributed by atoms with van der Waals surface area (Å²) in [7, 11) is 0. The second-order valence-corrected chi connectivity index (χ2v) is 5.62. The Morgan fingerprint density at radius 2 is 2.06 bits per heavy atom. The summed E-state index contributed by atoms with van der Waals surface area (Å²) < 4.78 is 0. The van der Waals surface area contributed by atoms with Gasteiger partial charge in [-0.15, -0.1) is 0 Å². The molecule has 1 aliphatic heterocycles. The van der Waals surface area contributed by atoms with Crippen molar-refractivity contribution in [2.45, 2.75) is 64.3 Å². The molecule has 1 saturated heterocycles. The average molecular weight is 245 g/mol. The minimum absolute atomic E-state index is 0.236. The minimum Gasteiger partial charge on any atom is -0.307 e. The van der Waals surface area contributed by atoms with Crippen LogP contribution in [0.3, 0.4) is 0 Å². The third-order valence-electron chi connectivity index (χ3n) is 4.37. The number of rotatable bonds is 4. The molecule has 0 saturated carbocycles. The summed E-state index contributed by atoms with van der Waals surface area (Å²) in [6.45, 7) is 5.75. The van der Waals surface area contributed by atoms with Crippen LogP contribution < -0.4 is 5.32 Å². The fourth-order valence-electron chi connectivity index (χ4n) is 3.21. The van der Waals surface area contributed by atoms with Gasteiger partial charge >= 0.3 is 0 Å². The molecule has 18 heavy (non-hydrogen) atoms. The van der Waals surface area contributed by atoms with Crippen LogP contribution in [0.1, 0.15) is 63.5 Å². The minimum atomic E-state index is 0.236. The molecule has 1 heterocycles. The molecule has 1 N–H and O–H groups in total. The van der Waals surface area contributed by atoms with E-state index in [9.17, 15) is 0 Å². The van der Waals surface area contributed by atoms with Crippen LogP contribution in [0.25, 0.3) is 0 Å². The zero-order chi connectivity index (χ0) is 12.8. The fourth-order valence-corrected chi connectivity index (χ4v) is 3.21. The maximum absolute atomic E-state index is 3.83. The van der Waals surface area contributed by atoms with Crippen LogP contribution in [0.4, 0.5) is 0 Å². The lowest BCUT2D eigenvalue weighted by Gasteiger charge is -2.34. The molecular weight excluding hydrogens is 218 g/mol. The van der Waals surface area contributed by atoms with Crippen molar-refractivity contribution < 1.29 is 0 Å². The van der Waals surface area contributed by atoms with E-state index in [1.807, 2.05) is 0 Å². The summed E-state index contributed by atoms with van der Waals surface area (Å²) in [6, 6.07) is 9.27. The van der Waals surface area contributed by atoms with Crippen molar-refractivity contribution in [1.82, 2.24) is 5.32 Å². The second-order valence-electron chi connectivity index (χ2n) is 5.62. The predicted molar refractivity (Wildman–Crippen MR) is 78.9 cm³/mol. The number of hydrogen-bond acceptors (Lipinski definition) is 1. The first-order valence-electron chi connectivity index (χ1n) is 7.65. The Balaban J connectivity index is 2.27. The summed E-state index contributed by atoms with van der Waals surface area (Å²) >= 11 is 0. The zero-order valence-corrected chi connectivity index (χ0v) is 12.0. The Hall–Kier alpha value is -0.820. The zero-order valence-electron chi connectivity index (χ0n) is 12.0. The topological polar surface area (TPSA) is 12.0 Å². The molecule has 0 aliphatic carbocycles. The second kappa shape index (κ2) is 6.38. The summed E-state index contributed by atoms with van der Waals surface area (Å²) in [6.07, 6.45) is 8.99. The molecule has 0 bridgehead atoms. The van der Waals surface area contributed by atoms with E-state index in [1.54, 1.807) is 0 Å². The first kappa shape index (κ1) is 13.6. The summed E-state index contributed by atoms with van der Waals surface area (Å²) in [4.78, 5) is 0. The molecule has 1 aliphatic rings. The van der Waals surface area contributed by atoms with Gasteiger partial charge in [-0.3, -0.25) is 0 Å². The highest BCUT2D eigenvalue weighted by Gasteiger charge is 2.30. The van der Waals surface area contributed by atoms with E-state index in [0.717, 1.165) is 0 Å². The van der Waals surface area contributed by atoms with Gasteiger partial charge < -0.3 is 5.32 Å². The Morgan fingerprint density at radius 3 is 2.83 bits per heavy atom. The average Bonchev–Trinajstić information content (AvgIpc) is 2.66. The Morgan fingerprint density at radius 1 is 1.17 bits per heavy atom. The molecule has 1 heteroatoms. The van der Waals surface area contributed by atoms with Gasteiger partial charge in [0.05, 0.1) is 0 Å². The van der Waals surface area contributed by atoms with E-state index in [2.05, 4.69) is 43.4 Å². The van der Waals surface area contributed by atoms with Crippen molar-refractivity contribution in [3.05, 3.63) is 35.4 Å². The number of aryl methyl sites for hydroxylation is 1. The molecule has 0 spiro atoms. The molecule has 1 aromatic rings. The molecule has 0 radical (unpaired) electrons. The van der Waals surface area contributed by atoms with E-state index in [0.29, 0.717) is 0 Å². The van der Waals surface area contributed by atoms with Gasteiger partial charge in [-0.05, 0) is 43.4 Å². The SMILES string of the molecule is CCCc1cccc(C2(CC)CCCCCN2)c1. The van der Waals surface area contributed by atoms with Crippen LogP contribution in [0, 0.1) is 0 Å². The third-order valence-corrected chi connectivity index (χ3v) is 4.37. The van der Waals surface area contributed by atoms with E-state index in [4.69, 9.17) is 0 Å². The van der Waals surface area contributed by atoms with Gasteiger partial charge in [0.2, 0.25) is 0 Å². The molecule has 2 rings (SSSR count). The van der Waals surface area contributed by atoms with Crippen molar-refractivity contribution in [1.29, 1.82) is 0 Å². The highest BCUT2D eigenvalue weighted by Crippen LogP contribution is 2.33. The molecule has 0 aromatic heterocycles. The Kier molecular flexibility index (Phi) is 4.82. The van der Waals surface area contributed by atoms with Gasteiger partial charge in [0.1, 0.15) is 0 Å². The molecular formula is C17H27N. The fraction of sp³-hybridized carbons (Fsp3) is 0.647. The van der Waals surface area contributed by atoms with Crippen LogP contribution in [0.2, 0.25) is 0 Å². The lowest BCUT2D eigenvalue weighted by atomic mass is 9.82. The predicted octanol–water partition coefficient (Wildman–Crippen LogP) is 4.41. The summed E-state index contributed by atoms with van der Waals surface area (Å²) in [5.74, 6) is 0. The molecule has 1 nitrogen and oxygen atoms in total. The van der Waals surface area contributed by atoms with Crippen molar-refractivity contribution >= 4 is 0 Å². The smallest absolute Gasteiger partial charge is 0.0432 e. The summed E-state index contributed by atoms with van der Waals surface area (Å²) in [5.41, 5.74) is 3.24. The monoisotopic (exact) mass is 245 g/mol. The molecule has 1 fully saturated rings. The Labute approximate surface area is 112 Å². The lowest BCUT2D eigenvalue weighted by molar-refractivity contribution is 0.312. The molecule has 1 unspecified atom stereocenters. The van der Waals surface area contributed by atoms with E-state index in [-0.39, 0.29) is 5.54 Å². The van der Waals surface area contributed by atoms with E-state index in [1.165, 1.54) is 62.6 Å². The molecule has 100 valence electrons. The van der Waals surface area contributed by atoms with Crippen LogP contribution in [-0.4, -0.2) is 6.54 Å². The van der Waals surface area contributed by atoms with Gasteiger partial charge in [0, 0.05) is 5.54 Å². The maximum atomic E-state index is 3.83. The number of nitrogens with one attached hydrogen (secondary N) is 1. The van der Waals surface area contributed by atoms with Crippen molar-refractivity contribution in [2.24, 2.45) is 0 Å². The summed E-state index contributed by atoms with van der Waals surface area (Å²) in [5, 5.41) is 3.83. The van der Waals surface area contributed by atoms with Crippen LogP contribution in [0.15, 0.2) is 24.3 Å². The van der Waals surface area contributed by atoms with Crippen molar-refractivity contribution in [3.8, 4) is 0 Å². The standard InChI is InChI=1S/C17H27N/c1-3-9-15-10-8-11-16(14-15)17(4-2)12-6-5-7-13-18-17/h8,10-11,14,18H,3-7,9,12-13H2,1-2H3. The van der Waals surface area contributed by atoms with Crippen molar-refractivity contribution in [2.75, 3.05) is 6.54 Å². The van der Waals surface area contributed by atoms with Crippen LogP contribution in [-0.2, 0) is 12.0 Å². The third kappa shape index (κ3) is 2.95. The molecule has 1 atom stereocenters. The van der Waals surface area contributed by atoms with Gasteiger partial charge in [-0.25, -0.2) is 0 Å². The van der Waals surface area contributed by atoms with E-state index < -0.39 is 0 Å². The number of benzene rings is 1. The van der Waals surface area contributed by atoms with Gasteiger partial charge in [0.15, 0.2) is 0 Å². The maximum Gasteiger partial charge on any atom is 0.0432 e. The van der Waals surface area contributed by atoms with Gasteiger partial charge in [0.25, 0.3) is 0 Å². The Bertz CT molecular complexity index is 362. The highest BCUT2D eigenvalue weighted by molar-refractivity contribution is 5.30. The van der Waals surface area contributed by atoms with E-state index >= 15 is 0 Å². The molecule has 1 aromatic carbocycles. The largest absolute Gasteiger partial charge is 0.307 e. The quantitative estimate of drug-likeness (QED) is 0.828. The lowest BCUT2D eigenvalue weighted by Crippen LogP contribution is -2.41. The first-order chi connectivity index (χ1) is 8.80. The van der Waals surface area contributed by atoms with Crippen LogP contribution >= 0.6 is 0 Å². The van der Waals surface area contributed by atoms with Gasteiger partial charge in [-0.1, -0.05) is 57.4 Å². The highest BCUT2D eigenvalue weighted by atomic mass is 15.0. The normalized spacial score (nSPS) is 24.8. The molecule has 0 amide bonds. The first-order valence-corrected chi connectivity index (χ1v) is 7.65. The van der Waals surface area contributed by atoms with Crippen molar-refractivity contribution in [3.63, 3.8) is 0 Å².